The fourth-order valence-corrected chi connectivity index (χ4v) is 2.79. The van der Waals surface area contributed by atoms with Crippen molar-refractivity contribution in [2.45, 2.75) is 13.5 Å². The van der Waals surface area contributed by atoms with Crippen LogP contribution in [-0.2, 0) is 6.54 Å². The molecule has 0 aliphatic carbocycles. The fraction of sp³-hybridized carbons (Fsp3) is 0.111. The van der Waals surface area contributed by atoms with Crippen molar-refractivity contribution in [3.8, 4) is 22.4 Å². The lowest BCUT2D eigenvalue weighted by Crippen LogP contribution is -1.93. The predicted molar refractivity (Wildman–Crippen MR) is 88.4 cm³/mol. The van der Waals surface area contributed by atoms with Crippen molar-refractivity contribution < 1.29 is 0 Å². The zero-order valence-electron chi connectivity index (χ0n) is 12.3. The van der Waals surface area contributed by atoms with E-state index in [9.17, 15) is 0 Å². The Morgan fingerprint density at radius 2 is 1.91 bits per heavy atom. The Labute approximate surface area is 128 Å². The van der Waals surface area contributed by atoms with Crippen LogP contribution in [0.4, 0.5) is 0 Å². The van der Waals surface area contributed by atoms with Crippen molar-refractivity contribution in [1.82, 2.24) is 19.7 Å². The Morgan fingerprint density at radius 1 is 1.05 bits per heavy atom. The van der Waals surface area contributed by atoms with Gasteiger partial charge in [0.25, 0.3) is 0 Å². The second kappa shape index (κ2) is 5.15. The van der Waals surface area contributed by atoms with Crippen LogP contribution < -0.4 is 0 Å². The number of nitrogens with zero attached hydrogens (tertiary/aromatic N) is 3. The molecule has 1 aromatic carbocycles. The maximum Gasteiger partial charge on any atom is 0.137 e. The highest BCUT2D eigenvalue weighted by Crippen LogP contribution is 2.34. The number of aromatic amines is 1. The van der Waals surface area contributed by atoms with Gasteiger partial charge in [-0.2, -0.15) is 5.10 Å². The zero-order chi connectivity index (χ0) is 14.9. The quantitative estimate of drug-likeness (QED) is 0.616. The number of nitrogens with one attached hydrogen (secondary N) is 1. The third-order valence-corrected chi connectivity index (χ3v) is 3.88. The average molecular weight is 288 g/mol. The molecule has 4 rings (SSSR count). The van der Waals surface area contributed by atoms with Crippen LogP contribution in [0, 0.1) is 0 Å². The number of H-pyrrole nitrogens is 1. The van der Waals surface area contributed by atoms with E-state index < -0.39 is 0 Å². The van der Waals surface area contributed by atoms with Gasteiger partial charge in [0, 0.05) is 41.6 Å². The summed E-state index contributed by atoms with van der Waals surface area (Å²) in [6.07, 6.45) is 5.88. The number of aryl methyl sites for hydroxylation is 1. The molecular weight excluding hydrogens is 272 g/mol. The first-order chi connectivity index (χ1) is 10.9. The smallest absolute Gasteiger partial charge is 0.137 e. The lowest BCUT2D eigenvalue weighted by atomic mass is 10.0. The number of benzene rings is 1. The van der Waals surface area contributed by atoms with Crippen LogP contribution in [0.2, 0.25) is 0 Å². The highest BCUT2D eigenvalue weighted by Gasteiger charge is 2.15. The lowest BCUT2D eigenvalue weighted by Gasteiger charge is -2.04. The maximum atomic E-state index is 4.75. The second-order valence-electron chi connectivity index (χ2n) is 5.21. The summed E-state index contributed by atoms with van der Waals surface area (Å²) in [5, 5.41) is 5.87. The molecule has 0 spiro atoms. The van der Waals surface area contributed by atoms with Gasteiger partial charge in [-0.3, -0.25) is 4.68 Å². The Kier molecular flexibility index (Phi) is 3.00. The summed E-state index contributed by atoms with van der Waals surface area (Å²) in [7, 11) is 0. The molecule has 0 radical (unpaired) electrons. The number of hydrogen-bond acceptors (Lipinski definition) is 2. The molecule has 0 aliphatic heterocycles. The third kappa shape index (κ3) is 2.00. The van der Waals surface area contributed by atoms with Gasteiger partial charge in [0.1, 0.15) is 11.3 Å². The van der Waals surface area contributed by atoms with E-state index >= 15 is 0 Å². The molecule has 4 nitrogen and oxygen atoms in total. The molecule has 4 heteroatoms. The molecular formula is C18H16N4. The van der Waals surface area contributed by atoms with E-state index in [1.807, 2.05) is 35.3 Å². The van der Waals surface area contributed by atoms with Gasteiger partial charge in [-0.05, 0) is 24.6 Å². The number of hydrogen-bond donors (Lipinski definition) is 1. The Bertz CT molecular complexity index is 919. The van der Waals surface area contributed by atoms with Crippen molar-refractivity contribution in [3.05, 3.63) is 61.1 Å². The lowest BCUT2D eigenvalue weighted by molar-refractivity contribution is 0.662. The van der Waals surface area contributed by atoms with Gasteiger partial charge in [-0.1, -0.05) is 30.3 Å². The first-order valence-corrected chi connectivity index (χ1v) is 7.42. The minimum absolute atomic E-state index is 0.848. The Hall–Kier alpha value is -2.88. The molecule has 0 saturated heterocycles. The average Bonchev–Trinajstić information content (AvgIpc) is 3.22. The van der Waals surface area contributed by atoms with Gasteiger partial charge in [0.05, 0.1) is 0 Å². The van der Waals surface area contributed by atoms with Gasteiger partial charge >= 0.3 is 0 Å². The molecule has 0 atom stereocenters. The molecule has 0 unspecified atom stereocenters. The molecule has 0 bridgehead atoms. The predicted octanol–water partition coefficient (Wildman–Crippen LogP) is 4.11. The van der Waals surface area contributed by atoms with Crippen LogP contribution in [0.1, 0.15) is 6.92 Å². The molecule has 108 valence electrons. The van der Waals surface area contributed by atoms with E-state index in [0.29, 0.717) is 0 Å². The molecule has 0 amide bonds. The third-order valence-electron chi connectivity index (χ3n) is 3.88. The van der Waals surface area contributed by atoms with Crippen LogP contribution in [0.15, 0.2) is 61.1 Å². The molecule has 22 heavy (non-hydrogen) atoms. The summed E-state index contributed by atoms with van der Waals surface area (Å²) >= 11 is 0. The van der Waals surface area contributed by atoms with Crippen molar-refractivity contribution in [2.75, 3.05) is 0 Å². The van der Waals surface area contributed by atoms with Gasteiger partial charge in [0.2, 0.25) is 0 Å². The highest BCUT2D eigenvalue weighted by atomic mass is 15.3. The highest BCUT2D eigenvalue weighted by molar-refractivity contribution is 5.96. The monoisotopic (exact) mass is 288 g/mol. The van der Waals surface area contributed by atoms with Gasteiger partial charge in [0.15, 0.2) is 0 Å². The van der Waals surface area contributed by atoms with E-state index in [0.717, 1.165) is 40.0 Å². The number of fused-ring (bicyclic) bond motifs is 1. The second-order valence-corrected chi connectivity index (χ2v) is 5.21. The normalized spacial score (nSPS) is 11.1. The largest absolute Gasteiger partial charge is 0.346 e. The van der Waals surface area contributed by atoms with Crippen molar-refractivity contribution in [1.29, 1.82) is 0 Å². The molecule has 4 aromatic rings. The minimum Gasteiger partial charge on any atom is -0.346 e. The van der Waals surface area contributed by atoms with E-state index in [2.05, 4.69) is 47.4 Å². The van der Waals surface area contributed by atoms with Gasteiger partial charge in [-0.15, -0.1) is 0 Å². The van der Waals surface area contributed by atoms with Crippen LogP contribution >= 0.6 is 0 Å². The summed E-state index contributed by atoms with van der Waals surface area (Å²) in [6, 6.07) is 14.4. The summed E-state index contributed by atoms with van der Waals surface area (Å²) in [4.78, 5) is 7.55. The SMILES string of the molecule is CCn1cc(-c2ccnc3[nH]ccc23)c(-c2ccccc2)n1. The summed E-state index contributed by atoms with van der Waals surface area (Å²) in [5.74, 6) is 0. The molecule has 3 heterocycles. The van der Waals surface area contributed by atoms with Crippen LogP contribution in [0.5, 0.6) is 0 Å². The van der Waals surface area contributed by atoms with E-state index in [1.54, 1.807) is 0 Å². The summed E-state index contributed by atoms with van der Waals surface area (Å²) in [5.41, 5.74) is 5.34. The Balaban J connectivity index is 1.99. The number of pyridine rings is 1. The van der Waals surface area contributed by atoms with Crippen molar-refractivity contribution >= 4 is 11.0 Å². The molecule has 0 fully saturated rings. The van der Waals surface area contributed by atoms with Crippen LogP contribution in [0.3, 0.4) is 0 Å². The van der Waals surface area contributed by atoms with Crippen LogP contribution in [0.25, 0.3) is 33.4 Å². The van der Waals surface area contributed by atoms with Crippen molar-refractivity contribution in [2.24, 2.45) is 0 Å². The van der Waals surface area contributed by atoms with Crippen LogP contribution in [-0.4, -0.2) is 19.7 Å². The summed E-state index contributed by atoms with van der Waals surface area (Å²) < 4.78 is 1.98. The molecule has 3 aromatic heterocycles. The van der Waals surface area contributed by atoms with Gasteiger partial charge in [-0.25, -0.2) is 4.98 Å². The first-order valence-electron chi connectivity index (χ1n) is 7.42. The van der Waals surface area contributed by atoms with E-state index in [-0.39, 0.29) is 0 Å². The Morgan fingerprint density at radius 3 is 2.73 bits per heavy atom. The van der Waals surface area contributed by atoms with Gasteiger partial charge < -0.3 is 4.98 Å². The minimum atomic E-state index is 0.848. The van der Waals surface area contributed by atoms with Crippen molar-refractivity contribution in [3.63, 3.8) is 0 Å². The zero-order valence-corrected chi connectivity index (χ0v) is 12.3. The van der Waals surface area contributed by atoms with E-state index in [4.69, 9.17) is 5.10 Å². The topological polar surface area (TPSA) is 46.5 Å². The molecule has 1 N–H and O–H groups in total. The van der Waals surface area contributed by atoms with E-state index in [1.165, 1.54) is 0 Å². The standard InChI is InChI=1S/C18H16N4/c1-2-22-12-16(17(21-22)13-6-4-3-5-7-13)14-8-10-19-18-15(14)9-11-20-18/h3-12H,2H2,1H3,(H,19,20). The fourth-order valence-electron chi connectivity index (χ4n) is 2.79. The molecule has 0 aliphatic rings. The maximum absolute atomic E-state index is 4.75. The number of aromatic nitrogens is 4. The first kappa shape index (κ1) is 12.8. The summed E-state index contributed by atoms with van der Waals surface area (Å²) in [6.45, 7) is 2.95. The molecule has 0 saturated carbocycles. The number of rotatable bonds is 3.